The molecule has 0 N–H and O–H groups in total. The number of hydrogen-bond donors (Lipinski definition) is 0. The van der Waals surface area contributed by atoms with Gasteiger partial charge < -0.3 is 9.30 Å². The van der Waals surface area contributed by atoms with E-state index in [0.29, 0.717) is 22.5 Å². The summed E-state index contributed by atoms with van der Waals surface area (Å²) in [5.41, 5.74) is 5.86. The topological polar surface area (TPSA) is 89.2 Å². The molecule has 0 unspecified atom stereocenters. The van der Waals surface area contributed by atoms with E-state index >= 15 is 0 Å². The number of esters is 1. The molecule has 0 aliphatic heterocycles. The molecule has 0 radical (unpaired) electrons. The molecule has 4 aromatic rings. The zero-order chi connectivity index (χ0) is 25.2. The molecular weight excluding hydrogens is 460 g/mol. The van der Waals surface area contributed by atoms with Crippen LogP contribution in [0.3, 0.4) is 0 Å². The van der Waals surface area contributed by atoms with Crippen molar-refractivity contribution in [2.45, 2.75) is 18.7 Å². The molecule has 0 bridgehead atoms. The molecular formula is C28H24N2O4S. The van der Waals surface area contributed by atoms with Crippen molar-refractivity contribution >= 4 is 15.8 Å². The van der Waals surface area contributed by atoms with Crippen molar-refractivity contribution in [3.8, 4) is 34.1 Å². The van der Waals surface area contributed by atoms with E-state index in [-0.39, 0.29) is 11.5 Å². The number of carbonyl (C=O) groups excluding carboxylic acids is 1. The highest BCUT2D eigenvalue weighted by Gasteiger charge is 2.21. The summed E-state index contributed by atoms with van der Waals surface area (Å²) in [6.45, 7) is 3.82. The Labute approximate surface area is 205 Å². The van der Waals surface area contributed by atoms with E-state index in [9.17, 15) is 13.2 Å². The van der Waals surface area contributed by atoms with Crippen LogP contribution in [0, 0.1) is 18.3 Å². The molecule has 6 nitrogen and oxygen atoms in total. The number of rotatable bonds is 6. The lowest BCUT2D eigenvalue weighted by atomic mass is 10.0. The third kappa shape index (κ3) is 4.88. The monoisotopic (exact) mass is 484 g/mol. The first-order chi connectivity index (χ1) is 16.7. The highest BCUT2D eigenvalue weighted by atomic mass is 32.2. The predicted molar refractivity (Wildman–Crippen MR) is 135 cm³/mol. The Morgan fingerprint density at radius 3 is 2.11 bits per heavy atom. The molecule has 0 amide bonds. The van der Waals surface area contributed by atoms with Crippen molar-refractivity contribution in [2.75, 3.05) is 12.9 Å². The summed E-state index contributed by atoms with van der Waals surface area (Å²) in [6.07, 6.45) is 1.17. The highest BCUT2D eigenvalue weighted by Crippen LogP contribution is 2.32. The van der Waals surface area contributed by atoms with Crippen molar-refractivity contribution in [1.82, 2.24) is 4.57 Å². The lowest BCUT2D eigenvalue weighted by molar-refractivity contribution is 0.0525. The van der Waals surface area contributed by atoms with Crippen LogP contribution in [0.5, 0.6) is 0 Å². The Hall–Kier alpha value is -4.15. The fourth-order valence-corrected chi connectivity index (χ4v) is 4.65. The molecule has 1 aromatic heterocycles. The molecule has 0 fully saturated rings. The van der Waals surface area contributed by atoms with Crippen LogP contribution >= 0.6 is 0 Å². The van der Waals surface area contributed by atoms with Crippen LogP contribution in [-0.4, -0.2) is 31.8 Å². The normalized spacial score (nSPS) is 11.1. The van der Waals surface area contributed by atoms with E-state index in [2.05, 4.69) is 6.07 Å². The van der Waals surface area contributed by atoms with Crippen LogP contribution in [0.4, 0.5) is 0 Å². The van der Waals surface area contributed by atoms with Crippen molar-refractivity contribution in [1.29, 1.82) is 5.26 Å². The Morgan fingerprint density at radius 2 is 1.54 bits per heavy atom. The van der Waals surface area contributed by atoms with E-state index in [1.54, 1.807) is 43.3 Å². The second-order valence-electron chi connectivity index (χ2n) is 8.12. The summed E-state index contributed by atoms with van der Waals surface area (Å²) in [5, 5.41) is 9.02. The van der Waals surface area contributed by atoms with Gasteiger partial charge in [0.2, 0.25) is 0 Å². The van der Waals surface area contributed by atoms with Gasteiger partial charge in [0.15, 0.2) is 9.84 Å². The minimum Gasteiger partial charge on any atom is -0.462 e. The van der Waals surface area contributed by atoms with Crippen LogP contribution in [0.2, 0.25) is 0 Å². The number of nitrogens with zero attached hydrogens (tertiary/aromatic N) is 2. The first-order valence-corrected chi connectivity index (χ1v) is 12.9. The standard InChI is InChI=1S/C28H24N2O4S/c1-4-34-28(31)26-17-27(30(19(26)2)24-6-5-7-25(16-24)35(3,32)33)23-14-12-22(13-15-23)21-10-8-20(18-29)9-11-21/h5-17H,4H2,1-3H3. The molecule has 0 aliphatic carbocycles. The van der Waals surface area contributed by atoms with Gasteiger partial charge >= 0.3 is 5.97 Å². The molecule has 3 aromatic carbocycles. The predicted octanol–water partition coefficient (Wildman–Crippen LogP) is 5.57. The molecule has 4 rings (SSSR count). The van der Waals surface area contributed by atoms with Gasteiger partial charge in [0.25, 0.3) is 0 Å². The van der Waals surface area contributed by atoms with Crippen LogP contribution in [0.15, 0.2) is 83.8 Å². The first kappa shape index (κ1) is 24.0. The summed E-state index contributed by atoms with van der Waals surface area (Å²) in [6, 6.07) is 25.7. The molecule has 0 spiro atoms. The second-order valence-corrected chi connectivity index (χ2v) is 10.1. The van der Waals surface area contributed by atoms with E-state index in [0.717, 1.165) is 22.4 Å². The summed E-state index contributed by atoms with van der Waals surface area (Å²) < 4.78 is 31.5. The Kier molecular flexibility index (Phi) is 6.59. The number of aromatic nitrogens is 1. The number of carbonyl (C=O) groups is 1. The average Bonchev–Trinajstić information content (AvgIpc) is 3.21. The fourth-order valence-electron chi connectivity index (χ4n) is 3.99. The van der Waals surface area contributed by atoms with E-state index in [1.165, 1.54) is 6.26 Å². The largest absolute Gasteiger partial charge is 0.462 e. The molecule has 1 heterocycles. The molecule has 7 heteroatoms. The first-order valence-electron chi connectivity index (χ1n) is 11.0. The summed E-state index contributed by atoms with van der Waals surface area (Å²) >= 11 is 0. The Bertz CT molecular complexity index is 1540. The number of nitriles is 1. The molecule has 35 heavy (non-hydrogen) atoms. The summed E-state index contributed by atoms with van der Waals surface area (Å²) in [5.74, 6) is -0.432. The molecule has 0 aliphatic rings. The van der Waals surface area contributed by atoms with Crippen LogP contribution < -0.4 is 0 Å². The van der Waals surface area contributed by atoms with E-state index in [4.69, 9.17) is 10.00 Å². The second kappa shape index (κ2) is 9.61. The van der Waals surface area contributed by atoms with Gasteiger partial charge in [-0.2, -0.15) is 5.26 Å². The lowest BCUT2D eigenvalue weighted by Gasteiger charge is -2.14. The lowest BCUT2D eigenvalue weighted by Crippen LogP contribution is -2.07. The van der Waals surface area contributed by atoms with Gasteiger partial charge in [-0.05, 0) is 66.9 Å². The van der Waals surface area contributed by atoms with Gasteiger partial charge in [-0.25, -0.2) is 13.2 Å². The zero-order valence-electron chi connectivity index (χ0n) is 19.6. The number of benzene rings is 3. The Balaban J connectivity index is 1.84. The molecule has 176 valence electrons. The maximum Gasteiger partial charge on any atom is 0.339 e. The molecule has 0 saturated heterocycles. The highest BCUT2D eigenvalue weighted by molar-refractivity contribution is 7.90. The van der Waals surface area contributed by atoms with Crippen LogP contribution in [-0.2, 0) is 14.6 Å². The average molecular weight is 485 g/mol. The third-order valence-corrected chi connectivity index (χ3v) is 6.88. The molecule has 0 saturated carbocycles. The maximum atomic E-state index is 12.7. The smallest absolute Gasteiger partial charge is 0.339 e. The fraction of sp³-hybridized carbons (Fsp3) is 0.143. The maximum absolute atomic E-state index is 12.7. The minimum absolute atomic E-state index is 0.197. The van der Waals surface area contributed by atoms with Crippen molar-refractivity contribution in [3.05, 3.63) is 95.7 Å². The van der Waals surface area contributed by atoms with Crippen LogP contribution in [0.1, 0.15) is 28.5 Å². The third-order valence-electron chi connectivity index (χ3n) is 5.77. The van der Waals surface area contributed by atoms with Gasteiger partial charge in [-0.3, -0.25) is 0 Å². The van der Waals surface area contributed by atoms with Gasteiger partial charge in [-0.15, -0.1) is 0 Å². The minimum atomic E-state index is -3.41. The summed E-state index contributed by atoms with van der Waals surface area (Å²) in [7, 11) is -3.41. The molecule has 0 atom stereocenters. The van der Waals surface area contributed by atoms with Crippen LogP contribution in [0.25, 0.3) is 28.1 Å². The van der Waals surface area contributed by atoms with Gasteiger partial charge in [0, 0.05) is 17.6 Å². The van der Waals surface area contributed by atoms with Gasteiger partial charge in [0.1, 0.15) is 0 Å². The van der Waals surface area contributed by atoms with Crippen molar-refractivity contribution < 1.29 is 17.9 Å². The SMILES string of the molecule is CCOC(=O)c1cc(-c2ccc(-c3ccc(C#N)cc3)cc2)n(-c2cccc(S(C)(=O)=O)c2)c1C. The number of hydrogen-bond acceptors (Lipinski definition) is 5. The zero-order valence-corrected chi connectivity index (χ0v) is 20.5. The number of sulfone groups is 1. The number of ether oxygens (including phenoxy) is 1. The Morgan fingerprint density at radius 1 is 0.943 bits per heavy atom. The quantitative estimate of drug-likeness (QED) is 0.334. The van der Waals surface area contributed by atoms with Gasteiger partial charge in [0.05, 0.1) is 34.4 Å². The van der Waals surface area contributed by atoms with E-state index < -0.39 is 15.8 Å². The van der Waals surface area contributed by atoms with Crippen molar-refractivity contribution in [2.24, 2.45) is 0 Å². The summed E-state index contributed by atoms with van der Waals surface area (Å²) in [4.78, 5) is 12.9. The van der Waals surface area contributed by atoms with Crippen molar-refractivity contribution in [3.63, 3.8) is 0 Å². The van der Waals surface area contributed by atoms with E-state index in [1.807, 2.05) is 54.0 Å². The van der Waals surface area contributed by atoms with Gasteiger partial charge in [-0.1, -0.05) is 42.5 Å².